The Bertz CT molecular complexity index is 839. The van der Waals surface area contributed by atoms with Crippen molar-refractivity contribution in [2.75, 3.05) is 6.54 Å². The third-order valence-electron chi connectivity index (χ3n) is 4.64. The molecule has 3 amide bonds. The fourth-order valence-corrected chi connectivity index (χ4v) is 3.13. The van der Waals surface area contributed by atoms with E-state index in [4.69, 9.17) is 5.11 Å². The average Bonchev–Trinajstić information content (AvgIpc) is 2.74. The Balaban J connectivity index is 3.07. The quantitative estimate of drug-likeness (QED) is 0.169. The third-order valence-corrected chi connectivity index (χ3v) is 4.64. The first-order valence-corrected chi connectivity index (χ1v) is 10.9. The second-order valence-electron chi connectivity index (χ2n) is 8.66. The molecule has 0 aromatic heterocycles. The molecule has 10 nitrogen and oxygen atoms in total. The van der Waals surface area contributed by atoms with Crippen LogP contribution in [0, 0.1) is 11.8 Å². The SMILES string of the molecule is CC(C)C/C(=N/O)C(=O)N[C@@H](Cc1ccccc1)C(=O)N[C@@H](CC(C)C)C(=O)NCC(=O)O. The molecule has 1 aromatic carbocycles. The van der Waals surface area contributed by atoms with Gasteiger partial charge in [0, 0.05) is 12.8 Å². The van der Waals surface area contributed by atoms with Crippen LogP contribution in [0.1, 0.15) is 46.1 Å². The molecule has 33 heavy (non-hydrogen) atoms. The fraction of sp³-hybridized carbons (Fsp3) is 0.522. The number of carboxylic acid groups (broad SMARTS) is 1. The summed E-state index contributed by atoms with van der Waals surface area (Å²) >= 11 is 0. The Morgan fingerprint density at radius 3 is 2.06 bits per heavy atom. The molecule has 0 saturated carbocycles. The standard InChI is InChI=1S/C23H34N4O6/c1-14(2)10-17(21(30)24-13-20(28)29)25-22(31)18(12-16-8-6-5-7-9-16)26-23(32)19(27-33)11-15(3)4/h5-9,14-15,17-18,33H,10-13H2,1-4H3,(H,24,30)(H,25,31)(H,26,32)(H,28,29)/b27-19-/t17-,18-/m0/s1. The number of hydrogen-bond donors (Lipinski definition) is 5. The van der Waals surface area contributed by atoms with Gasteiger partial charge in [0.15, 0.2) is 0 Å². The minimum atomic E-state index is -1.20. The van der Waals surface area contributed by atoms with E-state index in [9.17, 15) is 24.4 Å². The molecule has 0 bridgehead atoms. The Morgan fingerprint density at radius 2 is 1.55 bits per heavy atom. The van der Waals surface area contributed by atoms with Crippen LogP contribution in [0.2, 0.25) is 0 Å². The van der Waals surface area contributed by atoms with Gasteiger partial charge in [-0.25, -0.2) is 0 Å². The van der Waals surface area contributed by atoms with E-state index in [-0.39, 0.29) is 36.8 Å². The van der Waals surface area contributed by atoms with Crippen molar-refractivity contribution in [3.8, 4) is 0 Å². The van der Waals surface area contributed by atoms with Crippen molar-refractivity contribution in [2.45, 2.75) is 59.0 Å². The van der Waals surface area contributed by atoms with Crippen molar-refractivity contribution in [1.29, 1.82) is 0 Å². The zero-order chi connectivity index (χ0) is 25.0. The van der Waals surface area contributed by atoms with Crippen LogP contribution in [0.25, 0.3) is 0 Å². The highest BCUT2D eigenvalue weighted by Gasteiger charge is 2.29. The van der Waals surface area contributed by atoms with E-state index in [1.807, 2.05) is 33.8 Å². The molecule has 0 aliphatic carbocycles. The molecule has 0 spiro atoms. The Hall–Kier alpha value is -3.43. The molecule has 5 N–H and O–H groups in total. The summed E-state index contributed by atoms with van der Waals surface area (Å²) in [6.07, 6.45) is 0.638. The summed E-state index contributed by atoms with van der Waals surface area (Å²) in [6.45, 7) is 6.88. The number of carbonyl (C=O) groups excluding carboxylic acids is 3. The predicted octanol–water partition coefficient (Wildman–Crippen LogP) is 1.32. The fourth-order valence-electron chi connectivity index (χ4n) is 3.13. The van der Waals surface area contributed by atoms with Gasteiger partial charge in [0.2, 0.25) is 11.8 Å². The van der Waals surface area contributed by atoms with Crippen LogP contribution in [0.3, 0.4) is 0 Å². The molecule has 0 radical (unpaired) electrons. The van der Waals surface area contributed by atoms with Crippen LogP contribution in [-0.2, 0) is 25.6 Å². The second-order valence-corrected chi connectivity index (χ2v) is 8.66. The normalized spacial score (nSPS) is 13.3. The molecule has 0 aliphatic rings. The van der Waals surface area contributed by atoms with Gasteiger partial charge in [-0.15, -0.1) is 0 Å². The van der Waals surface area contributed by atoms with E-state index in [0.29, 0.717) is 0 Å². The number of amides is 3. The number of carbonyl (C=O) groups is 4. The molecule has 1 aromatic rings. The molecule has 0 unspecified atom stereocenters. The second kappa shape index (κ2) is 13.9. The molecular weight excluding hydrogens is 428 g/mol. The van der Waals surface area contributed by atoms with Crippen molar-refractivity contribution in [2.24, 2.45) is 17.0 Å². The highest BCUT2D eigenvalue weighted by molar-refractivity contribution is 6.39. The smallest absolute Gasteiger partial charge is 0.322 e. The summed E-state index contributed by atoms with van der Waals surface area (Å²) in [5.41, 5.74) is 0.675. The number of benzene rings is 1. The van der Waals surface area contributed by atoms with E-state index in [0.717, 1.165) is 5.56 Å². The summed E-state index contributed by atoms with van der Waals surface area (Å²) in [7, 11) is 0. The molecule has 0 aliphatic heterocycles. The van der Waals surface area contributed by atoms with E-state index in [2.05, 4.69) is 21.1 Å². The van der Waals surface area contributed by atoms with Gasteiger partial charge in [0.1, 0.15) is 24.3 Å². The van der Waals surface area contributed by atoms with Gasteiger partial charge < -0.3 is 26.3 Å². The summed E-state index contributed by atoms with van der Waals surface area (Å²) in [4.78, 5) is 49.0. The maximum atomic E-state index is 13.1. The molecule has 0 fully saturated rings. The summed E-state index contributed by atoms with van der Waals surface area (Å²) in [6, 6.07) is 6.99. The minimum absolute atomic E-state index is 0.0345. The lowest BCUT2D eigenvalue weighted by atomic mass is 10.0. The number of rotatable bonds is 13. The number of nitrogens with zero attached hydrogens (tertiary/aromatic N) is 1. The molecule has 10 heteroatoms. The monoisotopic (exact) mass is 462 g/mol. The highest BCUT2D eigenvalue weighted by atomic mass is 16.4. The summed E-state index contributed by atoms with van der Waals surface area (Å²) in [5.74, 6) is -3.03. The molecule has 182 valence electrons. The van der Waals surface area contributed by atoms with Crippen LogP contribution in [0.5, 0.6) is 0 Å². The van der Waals surface area contributed by atoms with Crippen molar-refractivity contribution in [1.82, 2.24) is 16.0 Å². The largest absolute Gasteiger partial charge is 0.480 e. The van der Waals surface area contributed by atoms with E-state index >= 15 is 0 Å². The van der Waals surface area contributed by atoms with Crippen molar-refractivity contribution in [3.05, 3.63) is 35.9 Å². The topological polar surface area (TPSA) is 157 Å². The van der Waals surface area contributed by atoms with Gasteiger partial charge >= 0.3 is 5.97 Å². The van der Waals surface area contributed by atoms with E-state index < -0.39 is 42.3 Å². The Labute approximate surface area is 193 Å². The maximum absolute atomic E-state index is 13.1. The number of aliphatic carboxylic acids is 1. The van der Waals surface area contributed by atoms with Gasteiger partial charge in [-0.05, 0) is 23.8 Å². The van der Waals surface area contributed by atoms with Crippen LogP contribution >= 0.6 is 0 Å². The third kappa shape index (κ3) is 10.6. The van der Waals surface area contributed by atoms with Gasteiger partial charge in [-0.3, -0.25) is 19.2 Å². The summed E-state index contributed by atoms with van der Waals surface area (Å²) < 4.78 is 0. The Kier molecular flexibility index (Phi) is 11.6. The first-order chi connectivity index (χ1) is 15.5. The van der Waals surface area contributed by atoms with Gasteiger partial charge in [-0.1, -0.05) is 63.2 Å². The van der Waals surface area contributed by atoms with Crippen LogP contribution in [-0.4, -0.2) is 58.3 Å². The minimum Gasteiger partial charge on any atom is -0.480 e. The number of nitrogens with one attached hydrogen (secondary N) is 3. The van der Waals surface area contributed by atoms with Gasteiger partial charge in [0.25, 0.3) is 5.91 Å². The van der Waals surface area contributed by atoms with Crippen molar-refractivity contribution in [3.63, 3.8) is 0 Å². The summed E-state index contributed by atoms with van der Waals surface area (Å²) in [5, 5.41) is 28.6. The molecule has 1 rings (SSSR count). The highest BCUT2D eigenvalue weighted by Crippen LogP contribution is 2.09. The zero-order valence-electron chi connectivity index (χ0n) is 19.5. The number of oxime groups is 1. The molecule has 0 heterocycles. The first kappa shape index (κ1) is 27.6. The maximum Gasteiger partial charge on any atom is 0.322 e. The van der Waals surface area contributed by atoms with Gasteiger partial charge in [-0.2, -0.15) is 0 Å². The number of carboxylic acids is 1. The number of hydrogen-bond acceptors (Lipinski definition) is 6. The predicted molar refractivity (Wildman–Crippen MR) is 123 cm³/mol. The van der Waals surface area contributed by atoms with Crippen LogP contribution < -0.4 is 16.0 Å². The van der Waals surface area contributed by atoms with Crippen molar-refractivity contribution >= 4 is 29.4 Å². The Morgan fingerprint density at radius 1 is 0.909 bits per heavy atom. The molecular formula is C23H34N4O6. The molecule has 2 atom stereocenters. The first-order valence-electron chi connectivity index (χ1n) is 10.9. The van der Waals surface area contributed by atoms with Crippen LogP contribution in [0.4, 0.5) is 0 Å². The van der Waals surface area contributed by atoms with E-state index in [1.165, 1.54) is 0 Å². The van der Waals surface area contributed by atoms with Crippen LogP contribution in [0.15, 0.2) is 35.5 Å². The lowest BCUT2D eigenvalue weighted by Crippen LogP contribution is -2.55. The average molecular weight is 463 g/mol. The lowest BCUT2D eigenvalue weighted by molar-refractivity contribution is -0.138. The molecule has 0 saturated heterocycles. The van der Waals surface area contributed by atoms with E-state index in [1.54, 1.807) is 24.3 Å². The lowest BCUT2D eigenvalue weighted by Gasteiger charge is -2.24. The van der Waals surface area contributed by atoms with Crippen molar-refractivity contribution < 1.29 is 29.5 Å². The zero-order valence-corrected chi connectivity index (χ0v) is 19.5. The van der Waals surface area contributed by atoms with Gasteiger partial charge in [0.05, 0.1) is 0 Å².